The van der Waals surface area contributed by atoms with Gasteiger partial charge in [-0.25, -0.2) is 9.97 Å². The van der Waals surface area contributed by atoms with Crippen molar-refractivity contribution in [1.29, 1.82) is 5.26 Å². The number of ether oxygens (including phenoxy) is 1. The first-order valence-corrected chi connectivity index (χ1v) is 10.6. The SMILES string of the molecule is CC[C@]1(CNc2cc(Nc3cnc(C#N)cn3)nnc2C(=O)N(C)C)OCCNCC1C. The van der Waals surface area contributed by atoms with Crippen LogP contribution in [-0.4, -0.2) is 76.9 Å². The number of nitrogens with zero attached hydrogens (tertiary/aromatic N) is 6. The summed E-state index contributed by atoms with van der Waals surface area (Å²) in [5, 5.41) is 26.9. The van der Waals surface area contributed by atoms with Crippen LogP contribution in [0, 0.1) is 17.2 Å². The number of nitrogens with one attached hydrogen (secondary N) is 3. The molecule has 0 spiro atoms. The van der Waals surface area contributed by atoms with Gasteiger partial charge in [-0.15, -0.1) is 10.2 Å². The van der Waals surface area contributed by atoms with E-state index < -0.39 is 0 Å². The smallest absolute Gasteiger partial charge is 0.276 e. The third-order valence-electron chi connectivity index (χ3n) is 5.62. The van der Waals surface area contributed by atoms with Crippen LogP contribution in [0.1, 0.15) is 36.5 Å². The van der Waals surface area contributed by atoms with Crippen molar-refractivity contribution in [3.05, 3.63) is 29.8 Å². The van der Waals surface area contributed by atoms with Gasteiger partial charge in [-0.05, 0) is 12.3 Å². The molecule has 0 aliphatic carbocycles. The molecule has 2 aromatic rings. The second-order valence-corrected chi connectivity index (χ2v) is 7.94. The Morgan fingerprint density at radius 2 is 2.16 bits per heavy atom. The molecular weight excluding hydrogens is 410 g/mol. The number of rotatable bonds is 7. The standard InChI is InChI=1S/C21H29N9O2/c1-5-21(14(2)10-23-6-7-32-21)13-26-16-8-17(28-29-19(16)20(31)30(3)4)27-18-12-24-15(9-22)11-25-18/h8,11-12,14,23H,5-7,10,13H2,1-4H3,(H2,25,26,27,28)/t14?,21-/m1/s1. The number of carbonyl (C=O) groups excluding carboxylic acids is 1. The average molecular weight is 440 g/mol. The van der Waals surface area contributed by atoms with Gasteiger partial charge in [-0.2, -0.15) is 5.26 Å². The maximum Gasteiger partial charge on any atom is 0.276 e. The maximum absolute atomic E-state index is 12.7. The molecule has 11 nitrogen and oxygen atoms in total. The zero-order valence-electron chi connectivity index (χ0n) is 18.8. The number of aromatic nitrogens is 4. The Labute approximate surface area is 187 Å². The van der Waals surface area contributed by atoms with Crippen molar-refractivity contribution in [1.82, 2.24) is 30.4 Å². The molecule has 3 rings (SSSR count). The number of amides is 1. The highest BCUT2D eigenvalue weighted by Gasteiger charge is 2.37. The number of anilines is 3. The van der Waals surface area contributed by atoms with Gasteiger partial charge in [0.25, 0.3) is 5.91 Å². The Morgan fingerprint density at radius 1 is 1.34 bits per heavy atom. The van der Waals surface area contributed by atoms with E-state index in [1.165, 1.54) is 17.3 Å². The molecule has 32 heavy (non-hydrogen) atoms. The van der Waals surface area contributed by atoms with Gasteiger partial charge in [0.05, 0.1) is 30.3 Å². The van der Waals surface area contributed by atoms with Crippen LogP contribution in [0.2, 0.25) is 0 Å². The second-order valence-electron chi connectivity index (χ2n) is 7.94. The van der Waals surface area contributed by atoms with Crippen LogP contribution >= 0.6 is 0 Å². The summed E-state index contributed by atoms with van der Waals surface area (Å²) in [5.41, 5.74) is 0.603. The third-order valence-corrected chi connectivity index (χ3v) is 5.62. The molecule has 1 aliphatic heterocycles. The van der Waals surface area contributed by atoms with Gasteiger partial charge in [-0.1, -0.05) is 13.8 Å². The van der Waals surface area contributed by atoms with Gasteiger partial charge in [0.15, 0.2) is 17.2 Å². The van der Waals surface area contributed by atoms with Crippen molar-refractivity contribution in [2.45, 2.75) is 25.9 Å². The molecule has 11 heteroatoms. The lowest BCUT2D eigenvalue weighted by Crippen LogP contribution is -2.46. The summed E-state index contributed by atoms with van der Waals surface area (Å²) < 4.78 is 6.25. The third kappa shape index (κ3) is 5.27. The van der Waals surface area contributed by atoms with Gasteiger partial charge in [0.2, 0.25) is 0 Å². The van der Waals surface area contributed by atoms with E-state index >= 15 is 0 Å². The molecule has 1 amide bonds. The molecule has 2 atom stereocenters. The van der Waals surface area contributed by atoms with Gasteiger partial charge in [0.1, 0.15) is 11.9 Å². The van der Waals surface area contributed by atoms with Gasteiger partial charge in [0, 0.05) is 39.8 Å². The van der Waals surface area contributed by atoms with Gasteiger partial charge >= 0.3 is 0 Å². The quantitative estimate of drug-likeness (QED) is 0.579. The molecule has 170 valence electrons. The second kappa shape index (κ2) is 10.3. The lowest BCUT2D eigenvalue weighted by atomic mass is 9.85. The molecule has 1 fully saturated rings. The summed E-state index contributed by atoms with van der Waals surface area (Å²) in [6, 6.07) is 3.64. The van der Waals surface area contributed by atoms with Gasteiger partial charge in [-0.3, -0.25) is 4.79 Å². The van der Waals surface area contributed by atoms with E-state index in [4.69, 9.17) is 10.00 Å². The largest absolute Gasteiger partial charge is 0.380 e. The Balaban J connectivity index is 1.87. The zero-order valence-corrected chi connectivity index (χ0v) is 18.8. The summed E-state index contributed by atoms with van der Waals surface area (Å²) in [4.78, 5) is 22.3. The maximum atomic E-state index is 12.7. The van der Waals surface area contributed by atoms with Crippen molar-refractivity contribution in [3.63, 3.8) is 0 Å². The van der Waals surface area contributed by atoms with Crippen molar-refractivity contribution in [3.8, 4) is 6.07 Å². The van der Waals surface area contributed by atoms with E-state index in [2.05, 4.69) is 50.0 Å². The molecular formula is C21H29N9O2. The fourth-order valence-electron chi connectivity index (χ4n) is 3.56. The molecule has 3 N–H and O–H groups in total. The first-order chi connectivity index (χ1) is 15.4. The van der Waals surface area contributed by atoms with Crippen LogP contribution in [0.4, 0.5) is 17.3 Å². The van der Waals surface area contributed by atoms with Crippen LogP contribution in [0.25, 0.3) is 0 Å². The number of hydrogen-bond acceptors (Lipinski definition) is 10. The molecule has 1 unspecified atom stereocenters. The molecule has 2 aromatic heterocycles. The number of hydrogen-bond donors (Lipinski definition) is 3. The van der Waals surface area contributed by atoms with Crippen molar-refractivity contribution >= 4 is 23.2 Å². The van der Waals surface area contributed by atoms with Crippen LogP contribution in [0.5, 0.6) is 0 Å². The topological polar surface area (TPSA) is 141 Å². The zero-order chi connectivity index (χ0) is 23.1. The molecule has 3 heterocycles. The predicted molar refractivity (Wildman–Crippen MR) is 120 cm³/mol. The Kier molecular flexibility index (Phi) is 7.50. The van der Waals surface area contributed by atoms with Crippen LogP contribution in [0.15, 0.2) is 18.5 Å². The van der Waals surface area contributed by atoms with Crippen molar-refractivity contribution < 1.29 is 9.53 Å². The van der Waals surface area contributed by atoms with E-state index in [1.807, 2.05) is 6.07 Å². The molecule has 0 bridgehead atoms. The fourth-order valence-corrected chi connectivity index (χ4v) is 3.56. The van der Waals surface area contributed by atoms with E-state index in [-0.39, 0.29) is 28.8 Å². The summed E-state index contributed by atoms with van der Waals surface area (Å²) in [5.74, 6) is 0.820. The van der Waals surface area contributed by atoms with E-state index in [0.29, 0.717) is 30.5 Å². The van der Waals surface area contributed by atoms with Crippen molar-refractivity contribution in [2.24, 2.45) is 5.92 Å². The highest BCUT2D eigenvalue weighted by molar-refractivity contribution is 5.97. The van der Waals surface area contributed by atoms with Crippen LogP contribution in [0.3, 0.4) is 0 Å². The lowest BCUT2D eigenvalue weighted by molar-refractivity contribution is -0.0598. The normalized spacial score (nSPS) is 20.7. The summed E-state index contributed by atoms with van der Waals surface area (Å²) >= 11 is 0. The van der Waals surface area contributed by atoms with Crippen LogP contribution in [-0.2, 0) is 4.74 Å². The first kappa shape index (κ1) is 23.3. The van der Waals surface area contributed by atoms with Gasteiger partial charge < -0.3 is 25.6 Å². The lowest BCUT2D eigenvalue weighted by Gasteiger charge is -2.37. The molecule has 1 aliphatic rings. The Bertz CT molecular complexity index is 974. The number of carbonyl (C=O) groups is 1. The Morgan fingerprint density at radius 3 is 2.81 bits per heavy atom. The van der Waals surface area contributed by atoms with Crippen molar-refractivity contribution in [2.75, 3.05) is 51.0 Å². The fraction of sp³-hybridized carbons (Fsp3) is 0.524. The highest BCUT2D eigenvalue weighted by atomic mass is 16.5. The molecule has 1 saturated heterocycles. The molecule has 0 saturated carbocycles. The van der Waals surface area contributed by atoms with E-state index in [9.17, 15) is 4.79 Å². The van der Waals surface area contributed by atoms with E-state index in [1.54, 1.807) is 20.2 Å². The predicted octanol–water partition coefficient (Wildman–Crippen LogP) is 1.40. The minimum atomic E-state index is -0.378. The molecule has 0 radical (unpaired) electrons. The number of nitriles is 1. The Hall–Kier alpha value is -3.36. The molecule has 0 aromatic carbocycles. The van der Waals surface area contributed by atoms with E-state index in [0.717, 1.165) is 19.5 Å². The first-order valence-electron chi connectivity index (χ1n) is 10.6. The highest BCUT2D eigenvalue weighted by Crippen LogP contribution is 2.29. The average Bonchev–Trinajstić information content (AvgIpc) is 2.99. The monoisotopic (exact) mass is 439 g/mol. The summed E-state index contributed by atoms with van der Waals surface area (Å²) in [7, 11) is 3.34. The summed E-state index contributed by atoms with van der Waals surface area (Å²) in [6.07, 6.45) is 3.62. The van der Waals surface area contributed by atoms with Crippen LogP contribution < -0.4 is 16.0 Å². The minimum Gasteiger partial charge on any atom is -0.380 e. The summed E-state index contributed by atoms with van der Waals surface area (Å²) in [6.45, 7) is 7.09. The minimum absolute atomic E-state index is 0.216.